The van der Waals surface area contributed by atoms with E-state index in [1.165, 1.54) is 19.2 Å². The number of carbonyl (C=O) groups is 2. The van der Waals surface area contributed by atoms with Gasteiger partial charge in [0.25, 0.3) is 0 Å². The second kappa shape index (κ2) is 15.2. The van der Waals surface area contributed by atoms with Crippen molar-refractivity contribution in [2.75, 3.05) is 36.6 Å². The summed E-state index contributed by atoms with van der Waals surface area (Å²) in [5, 5.41) is 7.01. The first-order chi connectivity index (χ1) is 23.8. The smallest absolute Gasteiger partial charge is 0.411 e. The van der Waals surface area contributed by atoms with Gasteiger partial charge in [0, 0.05) is 29.5 Å². The van der Waals surface area contributed by atoms with Gasteiger partial charge in [-0.25, -0.2) is 18.2 Å². The van der Waals surface area contributed by atoms with Gasteiger partial charge in [-0.3, -0.25) is 10.1 Å². The Bertz CT molecular complexity index is 1980. The van der Waals surface area contributed by atoms with Gasteiger partial charge >= 0.3 is 6.09 Å². The predicted octanol–water partition coefficient (Wildman–Crippen LogP) is 6.88. The summed E-state index contributed by atoms with van der Waals surface area (Å²) in [6.45, 7) is 9.75. The van der Waals surface area contributed by atoms with E-state index < -0.39 is 33.3 Å². The normalized spacial score (nSPS) is 15.3. The Kier molecular flexibility index (Phi) is 11.0. The number of nitrogen functional groups attached to an aromatic ring is 1. The van der Waals surface area contributed by atoms with Gasteiger partial charge in [0.05, 0.1) is 36.0 Å². The minimum atomic E-state index is -3.76. The lowest BCUT2D eigenvalue weighted by molar-refractivity contribution is -0.133. The molecule has 2 atom stereocenters. The van der Waals surface area contributed by atoms with E-state index in [4.69, 9.17) is 19.9 Å². The van der Waals surface area contributed by atoms with Gasteiger partial charge in [0.1, 0.15) is 11.9 Å². The lowest BCUT2D eigenvalue weighted by atomic mass is 10.00. The molecule has 1 aliphatic heterocycles. The molecule has 0 radical (unpaired) electrons. The SMILES string of the molecule is CCOc1cc([C@@H](Nc2ccc3c(N)nccc3c2)C(=O)N2CCC[C@@H]2c2cc(NC(=O)OC)ccc2S(=O)(=O)C(C)C)ccc1OC(C)C. The number of hydrogen-bond donors (Lipinski definition) is 3. The summed E-state index contributed by atoms with van der Waals surface area (Å²) in [6.07, 6.45) is 2.01. The third kappa shape index (κ3) is 7.72. The Morgan fingerprint density at radius 3 is 2.46 bits per heavy atom. The number of amides is 2. The number of likely N-dealkylation sites (tertiary alicyclic amines) is 1. The van der Waals surface area contributed by atoms with Crippen LogP contribution < -0.4 is 25.8 Å². The number of pyridine rings is 1. The zero-order valence-electron chi connectivity index (χ0n) is 29.2. The van der Waals surface area contributed by atoms with Crippen LogP contribution in [0.5, 0.6) is 11.5 Å². The summed E-state index contributed by atoms with van der Waals surface area (Å²) in [5.41, 5.74) is 8.20. The third-order valence-corrected chi connectivity index (χ3v) is 10.8. The summed E-state index contributed by atoms with van der Waals surface area (Å²) in [6, 6.07) is 16.0. The number of methoxy groups -OCH3 is 1. The monoisotopic (exact) mass is 703 g/mol. The maximum atomic E-state index is 14.9. The van der Waals surface area contributed by atoms with Crippen molar-refractivity contribution >= 4 is 49.8 Å². The number of sulfone groups is 1. The topological polar surface area (TPSA) is 162 Å². The Morgan fingerprint density at radius 2 is 1.76 bits per heavy atom. The van der Waals surface area contributed by atoms with E-state index in [0.29, 0.717) is 65.8 Å². The molecule has 0 spiro atoms. The summed E-state index contributed by atoms with van der Waals surface area (Å²) in [7, 11) is -2.51. The molecule has 266 valence electrons. The van der Waals surface area contributed by atoms with Gasteiger partial charge in [-0.2, -0.15) is 0 Å². The Morgan fingerprint density at radius 1 is 1.00 bits per heavy atom. The van der Waals surface area contributed by atoms with Crippen molar-refractivity contribution < 1.29 is 32.2 Å². The largest absolute Gasteiger partial charge is 0.490 e. The average molecular weight is 704 g/mol. The number of nitrogens with zero attached hydrogens (tertiary/aromatic N) is 2. The lowest BCUT2D eigenvalue weighted by Crippen LogP contribution is -2.38. The number of fused-ring (bicyclic) bond motifs is 1. The van der Waals surface area contributed by atoms with Crippen LogP contribution in [0, 0.1) is 0 Å². The number of anilines is 3. The van der Waals surface area contributed by atoms with Crippen LogP contribution in [0.25, 0.3) is 10.8 Å². The molecule has 3 aromatic carbocycles. The van der Waals surface area contributed by atoms with Crippen LogP contribution in [0.1, 0.15) is 70.7 Å². The van der Waals surface area contributed by atoms with E-state index in [9.17, 15) is 18.0 Å². The number of carbonyl (C=O) groups excluding carboxylic acids is 2. The molecular formula is C37H45N5O7S. The van der Waals surface area contributed by atoms with Crippen LogP contribution in [0.4, 0.5) is 22.0 Å². The van der Waals surface area contributed by atoms with E-state index in [2.05, 4.69) is 15.6 Å². The highest BCUT2D eigenvalue weighted by Crippen LogP contribution is 2.41. The van der Waals surface area contributed by atoms with E-state index in [0.717, 1.165) is 10.8 Å². The van der Waals surface area contributed by atoms with E-state index in [1.54, 1.807) is 43.1 Å². The predicted molar refractivity (Wildman–Crippen MR) is 194 cm³/mol. The van der Waals surface area contributed by atoms with Crippen molar-refractivity contribution in [3.05, 3.63) is 78.0 Å². The number of nitrogens with two attached hydrogens (primary N) is 1. The van der Waals surface area contributed by atoms with Crippen molar-refractivity contribution in [2.45, 2.75) is 75.8 Å². The standard InChI is InChI=1S/C37H45N5O7S/c1-7-48-32-20-25(10-14-31(32)49-22(2)3)34(40-26-11-13-28-24(19-26)16-17-39-35(28)38)36(43)42-18-8-9-30(42)29-21-27(41-37(44)47-6)12-15-33(29)50(45,46)23(4)5/h10-17,19-23,30,34,40H,7-9,18H2,1-6H3,(H2,38,39)(H,41,44)/t30-,34-/m1/s1. The maximum absolute atomic E-state index is 14.9. The molecular weight excluding hydrogens is 659 g/mol. The van der Waals surface area contributed by atoms with E-state index in [-0.39, 0.29) is 16.9 Å². The molecule has 2 heterocycles. The molecule has 0 bridgehead atoms. The van der Waals surface area contributed by atoms with Crippen molar-refractivity contribution in [1.29, 1.82) is 0 Å². The minimum Gasteiger partial charge on any atom is -0.490 e. The number of ether oxygens (including phenoxy) is 3. The second-order valence-electron chi connectivity index (χ2n) is 12.7. The molecule has 4 N–H and O–H groups in total. The van der Waals surface area contributed by atoms with Crippen molar-refractivity contribution in [3.8, 4) is 11.5 Å². The fourth-order valence-corrected chi connectivity index (χ4v) is 7.45. The number of nitrogens with one attached hydrogen (secondary N) is 2. The highest BCUT2D eigenvalue weighted by atomic mass is 32.2. The summed E-state index contributed by atoms with van der Waals surface area (Å²) >= 11 is 0. The molecule has 0 aliphatic carbocycles. The lowest BCUT2D eigenvalue weighted by Gasteiger charge is -2.32. The molecule has 5 rings (SSSR count). The Balaban J connectivity index is 1.61. The van der Waals surface area contributed by atoms with Crippen molar-refractivity contribution in [1.82, 2.24) is 9.88 Å². The highest BCUT2D eigenvalue weighted by Gasteiger charge is 2.38. The van der Waals surface area contributed by atoms with Gasteiger partial charge in [-0.15, -0.1) is 0 Å². The molecule has 2 amide bonds. The maximum Gasteiger partial charge on any atom is 0.411 e. The van der Waals surface area contributed by atoms with E-state index in [1.807, 2.05) is 51.1 Å². The van der Waals surface area contributed by atoms with Gasteiger partial charge in [-0.1, -0.05) is 6.07 Å². The first kappa shape index (κ1) is 36.2. The molecule has 50 heavy (non-hydrogen) atoms. The first-order valence-electron chi connectivity index (χ1n) is 16.7. The van der Waals surface area contributed by atoms with Crippen LogP contribution in [0.3, 0.4) is 0 Å². The summed E-state index contributed by atoms with van der Waals surface area (Å²) in [4.78, 5) is 33.0. The van der Waals surface area contributed by atoms with E-state index >= 15 is 0 Å². The molecule has 1 saturated heterocycles. The fourth-order valence-electron chi connectivity index (χ4n) is 6.16. The minimum absolute atomic E-state index is 0.0961. The molecule has 1 aliphatic rings. The number of hydrogen-bond acceptors (Lipinski definition) is 10. The molecule has 0 saturated carbocycles. The second-order valence-corrected chi connectivity index (χ2v) is 15.1. The molecule has 1 fully saturated rings. The molecule has 4 aromatic rings. The van der Waals surface area contributed by atoms with Crippen LogP contribution in [-0.2, 0) is 19.4 Å². The van der Waals surface area contributed by atoms with Gasteiger partial charge in [-0.05, 0) is 119 Å². The van der Waals surface area contributed by atoms with Gasteiger partial charge in [0.15, 0.2) is 21.3 Å². The summed E-state index contributed by atoms with van der Waals surface area (Å²) < 4.78 is 44.0. The van der Waals surface area contributed by atoms with Gasteiger partial charge < -0.3 is 30.2 Å². The highest BCUT2D eigenvalue weighted by molar-refractivity contribution is 7.92. The van der Waals surface area contributed by atoms with Crippen LogP contribution in [0.2, 0.25) is 0 Å². The molecule has 12 nitrogen and oxygen atoms in total. The van der Waals surface area contributed by atoms with Crippen LogP contribution in [-0.4, -0.2) is 61.9 Å². The number of benzene rings is 3. The van der Waals surface area contributed by atoms with Gasteiger partial charge in [0.2, 0.25) is 5.91 Å². The zero-order valence-corrected chi connectivity index (χ0v) is 30.0. The number of aromatic nitrogens is 1. The Hall–Kier alpha value is -5.04. The zero-order chi connectivity index (χ0) is 36.2. The van der Waals surface area contributed by atoms with Crippen LogP contribution >= 0.6 is 0 Å². The molecule has 0 unspecified atom stereocenters. The quantitative estimate of drug-likeness (QED) is 0.142. The first-order valence-corrected chi connectivity index (χ1v) is 18.3. The molecule has 1 aromatic heterocycles. The third-order valence-electron chi connectivity index (χ3n) is 8.58. The Labute approximate surface area is 293 Å². The summed E-state index contributed by atoms with van der Waals surface area (Å²) in [5.74, 6) is 1.20. The van der Waals surface area contributed by atoms with Crippen LogP contribution in [0.15, 0.2) is 71.8 Å². The fraction of sp³-hybridized carbons (Fsp3) is 0.378. The van der Waals surface area contributed by atoms with Crippen molar-refractivity contribution in [3.63, 3.8) is 0 Å². The van der Waals surface area contributed by atoms with Crippen molar-refractivity contribution in [2.24, 2.45) is 0 Å². The molecule has 13 heteroatoms. The average Bonchev–Trinajstić information content (AvgIpc) is 3.57. The number of rotatable bonds is 12.